The highest BCUT2D eigenvalue weighted by molar-refractivity contribution is 7.89. The Bertz CT molecular complexity index is 778. The lowest BCUT2D eigenvalue weighted by Crippen LogP contribution is -2.38. The van der Waals surface area contributed by atoms with Crippen LogP contribution in [0, 0.1) is 6.92 Å². The minimum atomic E-state index is -3.64. The molecule has 0 saturated carbocycles. The predicted octanol–water partition coefficient (Wildman–Crippen LogP) is 2.69. The van der Waals surface area contributed by atoms with Crippen molar-refractivity contribution in [1.29, 1.82) is 0 Å². The summed E-state index contributed by atoms with van der Waals surface area (Å²) < 4.78 is 28.6. The SMILES string of the molecule is Cc1ccc(OC2CCN(c3ccc(S(N)(=O)=O)cc3)CC2)cc1. The maximum absolute atomic E-state index is 11.3. The number of sulfonamides is 1. The molecule has 0 unspecified atom stereocenters. The fourth-order valence-corrected chi connectivity index (χ4v) is 3.40. The maximum atomic E-state index is 11.3. The van der Waals surface area contributed by atoms with Crippen molar-refractivity contribution < 1.29 is 13.2 Å². The van der Waals surface area contributed by atoms with Gasteiger partial charge in [0.15, 0.2) is 0 Å². The molecule has 1 heterocycles. The Kier molecular flexibility index (Phi) is 4.78. The summed E-state index contributed by atoms with van der Waals surface area (Å²) in [5.41, 5.74) is 2.23. The Morgan fingerprint density at radius 1 is 1.00 bits per heavy atom. The summed E-state index contributed by atoms with van der Waals surface area (Å²) in [6.45, 7) is 3.82. The van der Waals surface area contributed by atoms with E-state index in [0.29, 0.717) is 0 Å². The molecule has 1 saturated heterocycles. The van der Waals surface area contributed by atoms with Gasteiger partial charge in [0, 0.05) is 31.6 Å². The van der Waals surface area contributed by atoms with Crippen molar-refractivity contribution in [3.8, 4) is 5.75 Å². The second-order valence-electron chi connectivity index (χ2n) is 6.16. The Labute approximate surface area is 143 Å². The van der Waals surface area contributed by atoms with Gasteiger partial charge < -0.3 is 9.64 Å². The van der Waals surface area contributed by atoms with Gasteiger partial charge in [-0.15, -0.1) is 0 Å². The molecule has 6 heteroatoms. The first kappa shape index (κ1) is 16.8. The van der Waals surface area contributed by atoms with Crippen LogP contribution in [-0.2, 0) is 10.0 Å². The smallest absolute Gasteiger partial charge is 0.238 e. The highest BCUT2D eigenvalue weighted by Gasteiger charge is 2.21. The zero-order chi connectivity index (χ0) is 17.2. The lowest BCUT2D eigenvalue weighted by atomic mass is 10.1. The van der Waals surface area contributed by atoms with Gasteiger partial charge in [0.25, 0.3) is 0 Å². The first-order valence-corrected chi connectivity index (χ1v) is 9.57. The van der Waals surface area contributed by atoms with E-state index in [9.17, 15) is 8.42 Å². The van der Waals surface area contributed by atoms with Gasteiger partial charge in [0.1, 0.15) is 11.9 Å². The van der Waals surface area contributed by atoms with Crippen molar-refractivity contribution in [2.24, 2.45) is 5.14 Å². The number of ether oxygens (including phenoxy) is 1. The molecule has 2 aromatic carbocycles. The van der Waals surface area contributed by atoms with E-state index in [1.807, 2.05) is 12.1 Å². The molecule has 5 nitrogen and oxygen atoms in total. The van der Waals surface area contributed by atoms with Crippen LogP contribution in [-0.4, -0.2) is 27.6 Å². The van der Waals surface area contributed by atoms with E-state index in [1.54, 1.807) is 24.3 Å². The average molecular weight is 346 g/mol. The molecule has 1 aliphatic heterocycles. The van der Waals surface area contributed by atoms with Crippen LogP contribution >= 0.6 is 0 Å². The molecule has 0 aromatic heterocycles. The second kappa shape index (κ2) is 6.83. The maximum Gasteiger partial charge on any atom is 0.238 e. The van der Waals surface area contributed by atoms with E-state index in [4.69, 9.17) is 9.88 Å². The molecule has 0 aliphatic carbocycles. The molecule has 128 valence electrons. The summed E-state index contributed by atoms with van der Waals surface area (Å²) in [5.74, 6) is 0.913. The lowest BCUT2D eigenvalue weighted by molar-refractivity contribution is 0.171. The van der Waals surface area contributed by atoms with Gasteiger partial charge >= 0.3 is 0 Å². The second-order valence-corrected chi connectivity index (χ2v) is 7.72. The van der Waals surface area contributed by atoms with E-state index >= 15 is 0 Å². The van der Waals surface area contributed by atoms with Crippen LogP contribution in [0.25, 0.3) is 0 Å². The van der Waals surface area contributed by atoms with Crippen molar-refractivity contribution in [3.05, 3.63) is 54.1 Å². The number of rotatable bonds is 4. The zero-order valence-corrected chi connectivity index (χ0v) is 14.5. The third-order valence-corrected chi connectivity index (χ3v) is 5.23. The van der Waals surface area contributed by atoms with Gasteiger partial charge in [-0.2, -0.15) is 0 Å². The van der Waals surface area contributed by atoms with Crippen molar-refractivity contribution >= 4 is 15.7 Å². The first-order valence-electron chi connectivity index (χ1n) is 8.03. The molecule has 0 spiro atoms. The largest absolute Gasteiger partial charge is 0.490 e. The number of benzene rings is 2. The molecule has 0 atom stereocenters. The number of nitrogens with two attached hydrogens (primary N) is 1. The zero-order valence-electron chi connectivity index (χ0n) is 13.7. The lowest BCUT2D eigenvalue weighted by Gasteiger charge is -2.33. The molecule has 2 aromatic rings. The van der Waals surface area contributed by atoms with E-state index in [1.165, 1.54) is 5.56 Å². The van der Waals surface area contributed by atoms with Crippen LogP contribution in [0.5, 0.6) is 5.75 Å². The van der Waals surface area contributed by atoms with Gasteiger partial charge in [-0.1, -0.05) is 17.7 Å². The third kappa shape index (κ3) is 4.07. The van der Waals surface area contributed by atoms with Crippen LogP contribution in [0.15, 0.2) is 53.4 Å². The van der Waals surface area contributed by atoms with Crippen molar-refractivity contribution in [2.45, 2.75) is 30.8 Å². The molecule has 3 rings (SSSR count). The fraction of sp³-hybridized carbons (Fsp3) is 0.333. The highest BCUT2D eigenvalue weighted by Crippen LogP contribution is 2.24. The number of aryl methyl sites for hydroxylation is 1. The predicted molar refractivity (Wildman–Crippen MR) is 94.9 cm³/mol. The Balaban J connectivity index is 1.57. The summed E-state index contributed by atoms with van der Waals surface area (Å²) in [6.07, 6.45) is 2.09. The fourth-order valence-electron chi connectivity index (χ4n) is 2.89. The van der Waals surface area contributed by atoms with E-state index in [-0.39, 0.29) is 11.0 Å². The standard InChI is InChI=1S/C18H22N2O3S/c1-14-2-6-16(7-3-14)23-17-10-12-20(13-11-17)15-4-8-18(9-5-15)24(19,21)22/h2-9,17H,10-13H2,1H3,(H2,19,21,22). The van der Waals surface area contributed by atoms with E-state index in [2.05, 4.69) is 24.0 Å². The average Bonchev–Trinajstić information content (AvgIpc) is 2.57. The summed E-state index contributed by atoms with van der Waals surface area (Å²) >= 11 is 0. The van der Waals surface area contributed by atoms with Gasteiger partial charge in [-0.05, 0) is 43.3 Å². The number of anilines is 1. The Hall–Kier alpha value is -2.05. The monoisotopic (exact) mass is 346 g/mol. The van der Waals surface area contributed by atoms with Gasteiger partial charge in [-0.25, -0.2) is 13.6 Å². The number of nitrogens with zero attached hydrogens (tertiary/aromatic N) is 1. The number of piperidine rings is 1. The van der Waals surface area contributed by atoms with Crippen LogP contribution in [0.1, 0.15) is 18.4 Å². The van der Waals surface area contributed by atoms with Crippen molar-refractivity contribution in [1.82, 2.24) is 0 Å². The minimum Gasteiger partial charge on any atom is -0.490 e. The third-order valence-electron chi connectivity index (χ3n) is 4.30. The van der Waals surface area contributed by atoms with Gasteiger partial charge in [0.2, 0.25) is 10.0 Å². The molecule has 1 aliphatic rings. The van der Waals surface area contributed by atoms with Crippen LogP contribution < -0.4 is 14.8 Å². The van der Waals surface area contributed by atoms with Crippen LogP contribution in [0.4, 0.5) is 5.69 Å². The first-order chi connectivity index (χ1) is 11.4. The van der Waals surface area contributed by atoms with Crippen LogP contribution in [0.3, 0.4) is 0 Å². The Morgan fingerprint density at radius 2 is 1.58 bits per heavy atom. The summed E-state index contributed by atoms with van der Waals surface area (Å²) in [4.78, 5) is 2.38. The van der Waals surface area contributed by atoms with E-state index < -0.39 is 10.0 Å². The minimum absolute atomic E-state index is 0.142. The summed E-state index contributed by atoms with van der Waals surface area (Å²) in [6, 6.07) is 14.8. The number of hydrogen-bond acceptors (Lipinski definition) is 4. The number of hydrogen-bond donors (Lipinski definition) is 1. The molecule has 0 bridgehead atoms. The topological polar surface area (TPSA) is 72.6 Å². The molecule has 0 radical (unpaired) electrons. The van der Waals surface area contributed by atoms with E-state index in [0.717, 1.165) is 37.4 Å². The van der Waals surface area contributed by atoms with Crippen molar-refractivity contribution in [3.63, 3.8) is 0 Å². The number of primary sulfonamides is 1. The molecule has 1 fully saturated rings. The normalized spacial score (nSPS) is 16.2. The molecule has 0 amide bonds. The van der Waals surface area contributed by atoms with Gasteiger partial charge in [0.05, 0.1) is 4.90 Å². The highest BCUT2D eigenvalue weighted by atomic mass is 32.2. The molecular formula is C18H22N2O3S. The summed E-state index contributed by atoms with van der Waals surface area (Å²) in [7, 11) is -3.64. The molecule has 24 heavy (non-hydrogen) atoms. The molecular weight excluding hydrogens is 324 g/mol. The van der Waals surface area contributed by atoms with Crippen molar-refractivity contribution in [2.75, 3.05) is 18.0 Å². The summed E-state index contributed by atoms with van der Waals surface area (Å²) in [5, 5.41) is 5.13. The quantitative estimate of drug-likeness (QED) is 0.924. The van der Waals surface area contributed by atoms with Gasteiger partial charge in [-0.3, -0.25) is 0 Å². The van der Waals surface area contributed by atoms with Crippen LogP contribution in [0.2, 0.25) is 0 Å². The molecule has 2 N–H and O–H groups in total. The Morgan fingerprint density at radius 3 is 2.12 bits per heavy atom.